The lowest BCUT2D eigenvalue weighted by Crippen LogP contribution is -2.39. The molecule has 3 rings (SSSR count). The molecule has 8 nitrogen and oxygen atoms in total. The summed E-state index contributed by atoms with van der Waals surface area (Å²) < 4.78 is 32.8. The lowest BCUT2D eigenvalue weighted by atomic mass is 10.2. The van der Waals surface area contributed by atoms with E-state index in [0.717, 1.165) is 9.87 Å². The number of amides is 1. The number of methoxy groups -OCH3 is 1. The van der Waals surface area contributed by atoms with E-state index in [1.54, 1.807) is 42.5 Å². The van der Waals surface area contributed by atoms with Gasteiger partial charge in [0.1, 0.15) is 0 Å². The first kappa shape index (κ1) is 26.5. The smallest absolute Gasteiger partial charge is 0.255 e. The summed E-state index contributed by atoms with van der Waals surface area (Å²) in [7, 11) is -2.65. The third-order valence-electron chi connectivity index (χ3n) is 4.98. The molecule has 0 aliphatic rings. The van der Waals surface area contributed by atoms with Crippen LogP contribution in [0.2, 0.25) is 10.0 Å². The molecule has 3 aromatic rings. The molecule has 0 aliphatic heterocycles. The van der Waals surface area contributed by atoms with Crippen LogP contribution in [-0.4, -0.2) is 43.6 Å². The zero-order valence-corrected chi connectivity index (χ0v) is 21.2. The van der Waals surface area contributed by atoms with Crippen molar-refractivity contribution in [1.82, 2.24) is 9.73 Å². The number of hydrazone groups is 1. The van der Waals surface area contributed by atoms with E-state index >= 15 is 0 Å². The molecule has 2 N–H and O–H groups in total. The summed E-state index contributed by atoms with van der Waals surface area (Å²) in [5.41, 5.74) is 3.96. The molecule has 0 spiro atoms. The zero-order chi connectivity index (χ0) is 25.6. The van der Waals surface area contributed by atoms with E-state index < -0.39 is 22.5 Å². The minimum Gasteiger partial charge on any atom is -0.504 e. The second-order valence-corrected chi connectivity index (χ2v) is 10.3. The molecular formula is C24H23Cl2N3O5S. The maximum atomic E-state index is 13.4. The molecule has 0 aromatic heterocycles. The Morgan fingerprint density at radius 1 is 1.14 bits per heavy atom. The first-order valence-corrected chi connectivity index (χ1v) is 12.5. The minimum atomic E-state index is -4.06. The molecule has 0 radical (unpaired) electrons. The molecule has 3 aromatic carbocycles. The van der Waals surface area contributed by atoms with E-state index in [1.807, 2.05) is 6.92 Å². The summed E-state index contributed by atoms with van der Waals surface area (Å²) in [5.74, 6) is -0.589. The first-order valence-electron chi connectivity index (χ1n) is 10.3. The lowest BCUT2D eigenvalue weighted by molar-refractivity contribution is -0.121. The number of hydrogen-bond acceptors (Lipinski definition) is 6. The molecule has 0 fully saturated rings. The molecule has 1 amide bonds. The van der Waals surface area contributed by atoms with Crippen LogP contribution in [0.5, 0.6) is 11.5 Å². The molecule has 0 unspecified atom stereocenters. The monoisotopic (exact) mass is 535 g/mol. The Morgan fingerprint density at radius 3 is 2.51 bits per heavy atom. The van der Waals surface area contributed by atoms with Crippen molar-refractivity contribution in [2.75, 3.05) is 13.7 Å². The van der Waals surface area contributed by atoms with Gasteiger partial charge in [-0.3, -0.25) is 4.79 Å². The van der Waals surface area contributed by atoms with Crippen LogP contribution in [0.25, 0.3) is 0 Å². The van der Waals surface area contributed by atoms with Crippen molar-refractivity contribution >= 4 is 45.3 Å². The van der Waals surface area contributed by atoms with Gasteiger partial charge in [-0.15, -0.1) is 0 Å². The molecule has 0 bridgehead atoms. The number of halogens is 2. The Hall–Kier alpha value is -3.11. The number of nitrogens with one attached hydrogen (secondary N) is 1. The quantitative estimate of drug-likeness (QED) is 0.312. The number of para-hydroxylation sites is 1. The Labute approximate surface area is 213 Å². The number of ether oxygens (including phenoxy) is 1. The van der Waals surface area contributed by atoms with Crippen molar-refractivity contribution in [2.45, 2.75) is 18.4 Å². The average Bonchev–Trinajstić information content (AvgIpc) is 2.81. The standard InChI is InChI=1S/C24H23Cl2N3O5S/c1-16-6-10-20(11-7-16)35(32,33)29(14-18-8-9-19(25)12-21(18)26)15-23(30)28-27-13-17-4-3-5-22(34-2)24(17)31/h3-13,31H,14-15H2,1-2H3,(H,28,30)/b27-13-. The summed E-state index contributed by atoms with van der Waals surface area (Å²) in [5, 5.41) is 14.6. The second kappa shape index (κ2) is 11.5. The van der Waals surface area contributed by atoms with Crippen LogP contribution >= 0.6 is 23.2 Å². The molecule has 11 heteroatoms. The number of benzene rings is 3. The van der Waals surface area contributed by atoms with Crippen molar-refractivity contribution in [3.8, 4) is 11.5 Å². The Morgan fingerprint density at radius 2 is 1.86 bits per heavy atom. The average molecular weight is 536 g/mol. The molecule has 0 saturated carbocycles. The van der Waals surface area contributed by atoms with Crippen molar-refractivity contribution in [2.24, 2.45) is 5.10 Å². The van der Waals surface area contributed by atoms with Gasteiger partial charge in [0.2, 0.25) is 10.0 Å². The summed E-state index contributed by atoms with van der Waals surface area (Å²) in [6, 6.07) is 15.8. The van der Waals surface area contributed by atoms with E-state index in [1.165, 1.54) is 31.5 Å². The van der Waals surface area contributed by atoms with Crippen molar-refractivity contribution in [3.05, 3.63) is 87.4 Å². The molecule has 0 heterocycles. The SMILES string of the molecule is COc1cccc(/C=N\NC(=O)CN(Cc2ccc(Cl)cc2Cl)S(=O)(=O)c2ccc(C)cc2)c1O. The molecule has 35 heavy (non-hydrogen) atoms. The van der Waals surface area contributed by atoms with E-state index in [0.29, 0.717) is 16.1 Å². The number of nitrogens with zero attached hydrogens (tertiary/aromatic N) is 2. The fourth-order valence-electron chi connectivity index (χ4n) is 3.10. The highest BCUT2D eigenvalue weighted by Gasteiger charge is 2.27. The zero-order valence-electron chi connectivity index (χ0n) is 18.9. The van der Waals surface area contributed by atoms with E-state index in [4.69, 9.17) is 27.9 Å². The predicted octanol–water partition coefficient (Wildman–Crippen LogP) is 4.36. The van der Waals surface area contributed by atoms with Crippen LogP contribution in [0.15, 0.2) is 70.7 Å². The van der Waals surface area contributed by atoms with Gasteiger partial charge >= 0.3 is 0 Å². The van der Waals surface area contributed by atoms with Gasteiger partial charge in [-0.05, 0) is 48.9 Å². The minimum absolute atomic E-state index is 0.0331. The third-order valence-corrected chi connectivity index (χ3v) is 7.38. The largest absolute Gasteiger partial charge is 0.504 e. The summed E-state index contributed by atoms with van der Waals surface area (Å²) in [4.78, 5) is 12.7. The van der Waals surface area contributed by atoms with Gasteiger partial charge in [0.15, 0.2) is 11.5 Å². The normalized spacial score (nSPS) is 11.7. The van der Waals surface area contributed by atoms with Crippen molar-refractivity contribution in [3.63, 3.8) is 0 Å². The van der Waals surface area contributed by atoms with Gasteiger partial charge < -0.3 is 9.84 Å². The van der Waals surface area contributed by atoms with Gasteiger partial charge in [0, 0.05) is 22.2 Å². The van der Waals surface area contributed by atoms with Crippen molar-refractivity contribution in [1.29, 1.82) is 0 Å². The fraction of sp³-hybridized carbons (Fsp3) is 0.167. The molecule has 184 valence electrons. The van der Waals surface area contributed by atoms with Crippen LogP contribution < -0.4 is 10.2 Å². The Balaban J connectivity index is 1.83. The van der Waals surface area contributed by atoms with Gasteiger partial charge in [-0.25, -0.2) is 13.8 Å². The number of rotatable bonds is 9. The Bertz CT molecular complexity index is 1350. The van der Waals surface area contributed by atoms with Crippen LogP contribution in [0.3, 0.4) is 0 Å². The van der Waals surface area contributed by atoms with Crippen LogP contribution in [0.4, 0.5) is 0 Å². The van der Waals surface area contributed by atoms with Crippen LogP contribution in [0.1, 0.15) is 16.7 Å². The third kappa shape index (κ3) is 6.73. The number of phenols is 1. The van der Waals surface area contributed by atoms with E-state index in [9.17, 15) is 18.3 Å². The molecule has 0 saturated heterocycles. The molecule has 0 atom stereocenters. The highest BCUT2D eigenvalue weighted by atomic mass is 35.5. The molecular weight excluding hydrogens is 513 g/mol. The van der Waals surface area contributed by atoms with Gasteiger partial charge in [-0.2, -0.15) is 9.41 Å². The Kier molecular flexibility index (Phi) is 8.74. The number of hydrogen-bond donors (Lipinski definition) is 2. The van der Waals surface area contributed by atoms with Gasteiger partial charge in [-0.1, -0.05) is 53.0 Å². The van der Waals surface area contributed by atoms with Gasteiger partial charge in [0.25, 0.3) is 5.91 Å². The van der Waals surface area contributed by atoms with Crippen LogP contribution in [-0.2, 0) is 21.4 Å². The first-order chi connectivity index (χ1) is 16.6. The van der Waals surface area contributed by atoms with Gasteiger partial charge in [0.05, 0.1) is 24.8 Å². The number of sulfonamides is 1. The second-order valence-electron chi connectivity index (χ2n) is 7.51. The number of aromatic hydroxyl groups is 1. The number of aryl methyl sites for hydroxylation is 1. The highest BCUT2D eigenvalue weighted by molar-refractivity contribution is 7.89. The number of carbonyl (C=O) groups is 1. The summed E-state index contributed by atoms with van der Waals surface area (Å²) >= 11 is 12.2. The van der Waals surface area contributed by atoms with Crippen molar-refractivity contribution < 1.29 is 23.1 Å². The summed E-state index contributed by atoms with van der Waals surface area (Å²) in [6.07, 6.45) is 1.23. The summed E-state index contributed by atoms with van der Waals surface area (Å²) in [6.45, 7) is 1.14. The maximum Gasteiger partial charge on any atom is 0.255 e. The topological polar surface area (TPSA) is 108 Å². The lowest BCUT2D eigenvalue weighted by Gasteiger charge is -2.22. The van der Waals surface area contributed by atoms with Crippen LogP contribution in [0, 0.1) is 6.92 Å². The predicted molar refractivity (Wildman–Crippen MR) is 136 cm³/mol. The number of phenolic OH excluding ortho intramolecular Hbond substituents is 1. The molecule has 0 aliphatic carbocycles. The van der Waals surface area contributed by atoms with E-state index in [-0.39, 0.29) is 28.0 Å². The van der Waals surface area contributed by atoms with E-state index in [2.05, 4.69) is 10.5 Å². The highest BCUT2D eigenvalue weighted by Crippen LogP contribution is 2.28. The maximum absolute atomic E-state index is 13.4. The fourth-order valence-corrected chi connectivity index (χ4v) is 4.95. The number of carbonyl (C=O) groups excluding carboxylic acids is 1.